The van der Waals surface area contributed by atoms with Gasteiger partial charge in [-0.2, -0.15) is 0 Å². The Morgan fingerprint density at radius 2 is 2.11 bits per heavy atom. The molecule has 0 amide bonds. The molecule has 1 fully saturated rings. The van der Waals surface area contributed by atoms with Gasteiger partial charge in [-0.05, 0) is 45.3 Å². The molecule has 0 heterocycles. The number of nitrogens with zero attached hydrogens (tertiary/aromatic N) is 1. The summed E-state index contributed by atoms with van der Waals surface area (Å²) in [4.78, 5) is 2.30. The number of phenolic OH excluding ortho intramolecular Hbond substituents is 2. The second-order valence-corrected chi connectivity index (χ2v) is 5.58. The minimum atomic E-state index is 0.0943. The van der Waals surface area contributed by atoms with Gasteiger partial charge in [0.05, 0.1) is 0 Å². The number of nitrogens with two attached hydrogens (primary N) is 1. The molecule has 1 aliphatic carbocycles. The molecule has 1 aliphatic rings. The smallest absolute Gasteiger partial charge is 0.124 e. The van der Waals surface area contributed by atoms with Crippen LogP contribution in [-0.4, -0.2) is 34.7 Å². The lowest BCUT2D eigenvalue weighted by molar-refractivity contribution is 0.150. The zero-order chi connectivity index (χ0) is 14.0. The highest BCUT2D eigenvalue weighted by Gasteiger charge is 2.32. The SMILES string of the molecule is CC(c1ccc(O)cc1O)N(C)C1CCCC1CN. The molecular formula is C15H24N2O2. The summed E-state index contributed by atoms with van der Waals surface area (Å²) in [5, 5.41) is 19.3. The fourth-order valence-electron chi connectivity index (χ4n) is 3.22. The van der Waals surface area contributed by atoms with Gasteiger partial charge in [-0.3, -0.25) is 4.90 Å². The zero-order valence-corrected chi connectivity index (χ0v) is 11.7. The van der Waals surface area contributed by atoms with Crippen molar-refractivity contribution in [2.75, 3.05) is 13.6 Å². The van der Waals surface area contributed by atoms with Gasteiger partial charge in [0, 0.05) is 23.7 Å². The first-order valence-electron chi connectivity index (χ1n) is 6.98. The average Bonchev–Trinajstić information content (AvgIpc) is 2.85. The van der Waals surface area contributed by atoms with E-state index in [-0.39, 0.29) is 17.5 Å². The van der Waals surface area contributed by atoms with Crippen LogP contribution in [0.25, 0.3) is 0 Å². The lowest BCUT2D eigenvalue weighted by Gasteiger charge is -2.34. The van der Waals surface area contributed by atoms with E-state index in [1.807, 2.05) is 0 Å². The normalized spacial score (nSPS) is 24.8. The summed E-state index contributed by atoms with van der Waals surface area (Å²) in [6, 6.07) is 5.40. The van der Waals surface area contributed by atoms with Gasteiger partial charge < -0.3 is 15.9 Å². The fourth-order valence-corrected chi connectivity index (χ4v) is 3.22. The zero-order valence-electron chi connectivity index (χ0n) is 11.7. The molecule has 1 saturated carbocycles. The van der Waals surface area contributed by atoms with Gasteiger partial charge in [0.15, 0.2) is 0 Å². The van der Waals surface area contributed by atoms with Crippen molar-refractivity contribution in [3.05, 3.63) is 23.8 Å². The Bertz CT molecular complexity index is 436. The van der Waals surface area contributed by atoms with E-state index in [1.165, 1.54) is 25.3 Å². The summed E-state index contributed by atoms with van der Waals surface area (Å²) in [6.45, 7) is 2.81. The van der Waals surface area contributed by atoms with Crippen molar-refractivity contribution >= 4 is 0 Å². The van der Waals surface area contributed by atoms with Crippen LogP contribution in [0.1, 0.15) is 37.8 Å². The Morgan fingerprint density at radius 1 is 1.37 bits per heavy atom. The monoisotopic (exact) mass is 264 g/mol. The first kappa shape index (κ1) is 14.2. The standard InChI is InChI=1S/C15H24N2O2/c1-10(13-7-6-12(18)8-15(13)19)17(2)14-5-3-4-11(14)9-16/h6-8,10-11,14,18-19H,3-5,9,16H2,1-2H3. The Hall–Kier alpha value is -1.26. The van der Waals surface area contributed by atoms with Gasteiger partial charge >= 0.3 is 0 Å². The molecule has 3 atom stereocenters. The van der Waals surface area contributed by atoms with Gasteiger partial charge in [0.1, 0.15) is 11.5 Å². The molecule has 4 N–H and O–H groups in total. The Labute approximate surface area is 114 Å². The maximum absolute atomic E-state index is 9.97. The molecule has 1 aromatic rings. The van der Waals surface area contributed by atoms with Gasteiger partial charge in [-0.25, -0.2) is 0 Å². The van der Waals surface area contributed by atoms with E-state index in [0.29, 0.717) is 12.0 Å². The van der Waals surface area contributed by atoms with Gasteiger partial charge in [-0.1, -0.05) is 12.5 Å². The molecule has 106 valence electrons. The van der Waals surface area contributed by atoms with Crippen LogP contribution in [-0.2, 0) is 0 Å². The third-order valence-electron chi connectivity index (χ3n) is 4.52. The number of hydrogen-bond acceptors (Lipinski definition) is 4. The Balaban J connectivity index is 2.16. The highest BCUT2D eigenvalue weighted by atomic mass is 16.3. The van der Waals surface area contributed by atoms with Crippen LogP contribution >= 0.6 is 0 Å². The Morgan fingerprint density at radius 3 is 2.74 bits per heavy atom. The number of benzene rings is 1. The summed E-state index contributed by atoms with van der Waals surface area (Å²) in [5.74, 6) is 0.796. The summed E-state index contributed by atoms with van der Waals surface area (Å²) < 4.78 is 0. The lowest BCUT2D eigenvalue weighted by atomic mass is 9.98. The van der Waals surface area contributed by atoms with Crippen molar-refractivity contribution in [3.8, 4) is 11.5 Å². The highest BCUT2D eigenvalue weighted by molar-refractivity contribution is 5.40. The van der Waals surface area contributed by atoms with E-state index < -0.39 is 0 Å². The van der Waals surface area contributed by atoms with Gasteiger partial charge in [-0.15, -0.1) is 0 Å². The second kappa shape index (κ2) is 5.80. The molecule has 4 heteroatoms. The number of hydrogen-bond donors (Lipinski definition) is 3. The summed E-state index contributed by atoms with van der Waals surface area (Å²) in [7, 11) is 2.09. The van der Waals surface area contributed by atoms with Gasteiger partial charge in [0.25, 0.3) is 0 Å². The van der Waals surface area contributed by atoms with Crippen LogP contribution in [0.4, 0.5) is 0 Å². The number of rotatable bonds is 4. The molecule has 0 radical (unpaired) electrons. The van der Waals surface area contributed by atoms with E-state index in [4.69, 9.17) is 5.73 Å². The molecule has 2 rings (SSSR count). The van der Waals surface area contributed by atoms with Crippen molar-refractivity contribution in [2.45, 2.75) is 38.3 Å². The van der Waals surface area contributed by atoms with E-state index >= 15 is 0 Å². The summed E-state index contributed by atoms with van der Waals surface area (Å²) >= 11 is 0. The molecule has 3 unspecified atom stereocenters. The summed E-state index contributed by atoms with van der Waals surface area (Å²) in [5.41, 5.74) is 6.69. The predicted molar refractivity (Wildman–Crippen MR) is 76.1 cm³/mol. The molecule has 0 bridgehead atoms. The molecule has 0 aliphatic heterocycles. The predicted octanol–water partition coefficient (Wildman–Crippen LogP) is 2.22. The number of phenols is 2. The van der Waals surface area contributed by atoms with E-state index in [2.05, 4.69) is 18.9 Å². The highest BCUT2D eigenvalue weighted by Crippen LogP contribution is 2.36. The average molecular weight is 264 g/mol. The third kappa shape index (κ3) is 2.85. The van der Waals surface area contributed by atoms with E-state index in [1.54, 1.807) is 12.1 Å². The van der Waals surface area contributed by atoms with Crippen molar-refractivity contribution in [1.29, 1.82) is 0 Å². The first-order valence-corrected chi connectivity index (χ1v) is 6.98. The molecule has 0 saturated heterocycles. The molecule has 0 aromatic heterocycles. The maximum Gasteiger partial charge on any atom is 0.124 e. The molecular weight excluding hydrogens is 240 g/mol. The topological polar surface area (TPSA) is 69.7 Å². The van der Waals surface area contributed by atoms with Crippen LogP contribution in [0, 0.1) is 5.92 Å². The van der Waals surface area contributed by atoms with Gasteiger partial charge in [0.2, 0.25) is 0 Å². The Kier molecular flexibility index (Phi) is 4.32. The summed E-state index contributed by atoms with van der Waals surface area (Å²) in [6.07, 6.45) is 3.59. The largest absolute Gasteiger partial charge is 0.508 e. The second-order valence-electron chi connectivity index (χ2n) is 5.58. The van der Waals surface area contributed by atoms with Crippen molar-refractivity contribution in [3.63, 3.8) is 0 Å². The van der Waals surface area contributed by atoms with Crippen molar-refractivity contribution in [1.82, 2.24) is 4.90 Å². The van der Waals surface area contributed by atoms with Crippen molar-refractivity contribution in [2.24, 2.45) is 11.7 Å². The van der Waals surface area contributed by atoms with Crippen LogP contribution in [0.5, 0.6) is 11.5 Å². The molecule has 0 spiro atoms. The molecule has 1 aromatic carbocycles. The number of aromatic hydroxyl groups is 2. The van der Waals surface area contributed by atoms with Crippen LogP contribution in [0.2, 0.25) is 0 Å². The fraction of sp³-hybridized carbons (Fsp3) is 0.600. The maximum atomic E-state index is 9.97. The van der Waals surface area contributed by atoms with E-state index in [9.17, 15) is 10.2 Å². The van der Waals surface area contributed by atoms with Crippen LogP contribution in [0.15, 0.2) is 18.2 Å². The lowest BCUT2D eigenvalue weighted by Crippen LogP contribution is -2.39. The minimum Gasteiger partial charge on any atom is -0.508 e. The van der Waals surface area contributed by atoms with Crippen LogP contribution in [0.3, 0.4) is 0 Å². The van der Waals surface area contributed by atoms with E-state index in [0.717, 1.165) is 12.1 Å². The minimum absolute atomic E-state index is 0.0943. The molecule has 4 nitrogen and oxygen atoms in total. The van der Waals surface area contributed by atoms with Crippen LogP contribution < -0.4 is 5.73 Å². The van der Waals surface area contributed by atoms with Crippen molar-refractivity contribution < 1.29 is 10.2 Å². The molecule has 19 heavy (non-hydrogen) atoms. The quantitative estimate of drug-likeness (QED) is 0.780. The third-order valence-corrected chi connectivity index (χ3v) is 4.52. The first-order chi connectivity index (χ1) is 9.04.